The van der Waals surface area contributed by atoms with Crippen LogP contribution in [0.3, 0.4) is 0 Å². The van der Waals surface area contributed by atoms with Crippen molar-refractivity contribution in [2.75, 3.05) is 5.01 Å². The van der Waals surface area contributed by atoms with Gasteiger partial charge in [-0.3, -0.25) is 0 Å². The number of aryl methyl sites for hydroxylation is 1. The fraction of sp³-hybridized carbons (Fsp3) is 0.192. The van der Waals surface area contributed by atoms with E-state index in [0.717, 1.165) is 44.7 Å². The molecule has 2 N–H and O–H groups in total. The predicted octanol–water partition coefficient (Wildman–Crippen LogP) is 7.40. The van der Waals surface area contributed by atoms with Gasteiger partial charge in [0.1, 0.15) is 14.9 Å². The molecule has 0 bridgehead atoms. The summed E-state index contributed by atoms with van der Waals surface area (Å²) in [6, 6.07) is 25.7. The Balaban J connectivity index is 1.57. The number of nitrogens with zero attached hydrogens (tertiary/aromatic N) is 4. The summed E-state index contributed by atoms with van der Waals surface area (Å²) in [6.45, 7) is 1.95. The fourth-order valence-electron chi connectivity index (χ4n) is 4.14. The molecule has 1 aliphatic heterocycles. The maximum absolute atomic E-state index is 6.67. The number of anilines is 1. The second kappa shape index (κ2) is 10.3. The molecule has 2 unspecified atom stereocenters. The monoisotopic (exact) mass is 539 g/mol. The van der Waals surface area contributed by atoms with E-state index in [4.69, 9.17) is 34.0 Å². The Labute approximate surface area is 223 Å². The third kappa shape index (κ3) is 5.10. The van der Waals surface area contributed by atoms with Crippen LogP contribution in [0, 0.1) is 6.92 Å². The van der Waals surface area contributed by atoms with Crippen LogP contribution in [0.25, 0.3) is 0 Å². The van der Waals surface area contributed by atoms with Gasteiger partial charge in [0.2, 0.25) is 5.13 Å². The standard InChI is InChI=1S/C26H23Cl2N5S2/c1-17-30-31-25(34-17)33-26(20-9-3-2-4-10-20,14-13-23(29)18-7-5-11-21(27)15-18)35-24(32-33)19-8-6-12-22(28)16-19/h2-12,15-16,23H,13-14,29H2,1H3. The van der Waals surface area contributed by atoms with Gasteiger partial charge in [0.15, 0.2) is 0 Å². The molecule has 178 valence electrons. The van der Waals surface area contributed by atoms with Crippen molar-refractivity contribution in [2.45, 2.75) is 30.7 Å². The summed E-state index contributed by atoms with van der Waals surface area (Å²) in [7, 11) is 0. The first-order valence-corrected chi connectivity index (χ1v) is 13.5. The second-order valence-corrected chi connectivity index (χ2v) is 11.6. The Bertz CT molecular complexity index is 1360. The fourth-order valence-corrected chi connectivity index (χ4v) is 6.67. The largest absolute Gasteiger partial charge is 0.324 e. The van der Waals surface area contributed by atoms with Crippen molar-refractivity contribution < 1.29 is 0 Å². The molecule has 9 heteroatoms. The van der Waals surface area contributed by atoms with Crippen LogP contribution in [0.2, 0.25) is 10.0 Å². The van der Waals surface area contributed by atoms with E-state index < -0.39 is 4.87 Å². The first-order chi connectivity index (χ1) is 16.9. The number of hydrogen-bond donors (Lipinski definition) is 1. The van der Waals surface area contributed by atoms with E-state index in [0.29, 0.717) is 10.0 Å². The lowest BCUT2D eigenvalue weighted by Gasteiger charge is -2.36. The number of rotatable bonds is 7. The molecular weight excluding hydrogens is 517 g/mol. The summed E-state index contributed by atoms with van der Waals surface area (Å²) >= 11 is 15.8. The quantitative estimate of drug-likeness (QED) is 0.265. The molecule has 1 aliphatic rings. The van der Waals surface area contributed by atoms with Crippen LogP contribution in [0.15, 0.2) is 84.0 Å². The number of nitrogens with two attached hydrogens (primary N) is 1. The highest BCUT2D eigenvalue weighted by atomic mass is 35.5. The van der Waals surface area contributed by atoms with Gasteiger partial charge >= 0.3 is 0 Å². The summed E-state index contributed by atoms with van der Waals surface area (Å²) < 4.78 is 0. The second-order valence-electron chi connectivity index (χ2n) is 8.28. The highest BCUT2D eigenvalue weighted by Gasteiger charge is 2.47. The molecule has 2 heterocycles. The molecule has 0 amide bonds. The van der Waals surface area contributed by atoms with E-state index >= 15 is 0 Å². The molecule has 4 aromatic rings. The van der Waals surface area contributed by atoms with Gasteiger partial charge in [-0.25, -0.2) is 5.01 Å². The summed E-state index contributed by atoms with van der Waals surface area (Å²) in [6.07, 6.45) is 1.44. The molecule has 35 heavy (non-hydrogen) atoms. The minimum Gasteiger partial charge on any atom is -0.324 e. The van der Waals surface area contributed by atoms with Crippen molar-refractivity contribution in [3.8, 4) is 0 Å². The Morgan fingerprint density at radius 3 is 2.37 bits per heavy atom. The molecule has 0 saturated heterocycles. The molecule has 0 saturated carbocycles. The molecule has 5 rings (SSSR count). The van der Waals surface area contributed by atoms with Crippen molar-refractivity contribution in [1.29, 1.82) is 0 Å². The molecule has 0 spiro atoms. The molecule has 0 radical (unpaired) electrons. The van der Waals surface area contributed by atoms with Crippen molar-refractivity contribution in [3.05, 3.63) is 111 Å². The van der Waals surface area contributed by atoms with Crippen molar-refractivity contribution in [3.63, 3.8) is 0 Å². The minimum atomic E-state index is -0.554. The maximum atomic E-state index is 6.67. The Hall–Kier alpha value is -2.42. The van der Waals surface area contributed by atoms with Crippen LogP contribution in [-0.2, 0) is 4.87 Å². The first-order valence-electron chi connectivity index (χ1n) is 11.1. The van der Waals surface area contributed by atoms with E-state index in [9.17, 15) is 0 Å². The summed E-state index contributed by atoms with van der Waals surface area (Å²) in [5, 5.41) is 19.7. The van der Waals surface area contributed by atoms with Crippen LogP contribution in [0.1, 0.15) is 40.6 Å². The van der Waals surface area contributed by atoms with E-state index in [1.807, 2.05) is 66.5 Å². The third-order valence-corrected chi connectivity index (χ3v) is 8.61. The number of hydrazone groups is 1. The highest BCUT2D eigenvalue weighted by molar-refractivity contribution is 8.15. The topological polar surface area (TPSA) is 67.4 Å². The van der Waals surface area contributed by atoms with Gasteiger partial charge in [-0.2, -0.15) is 5.10 Å². The number of halogens is 2. The van der Waals surface area contributed by atoms with Crippen molar-refractivity contribution >= 4 is 56.5 Å². The maximum Gasteiger partial charge on any atom is 0.230 e. The number of thioether (sulfide) groups is 1. The van der Waals surface area contributed by atoms with E-state index in [2.05, 4.69) is 34.5 Å². The van der Waals surface area contributed by atoms with E-state index in [-0.39, 0.29) is 6.04 Å². The summed E-state index contributed by atoms with van der Waals surface area (Å²) in [5.41, 5.74) is 9.76. The van der Waals surface area contributed by atoms with Gasteiger partial charge in [0, 0.05) is 21.7 Å². The number of hydrogen-bond acceptors (Lipinski definition) is 7. The van der Waals surface area contributed by atoms with Gasteiger partial charge in [-0.1, -0.05) is 101 Å². The van der Waals surface area contributed by atoms with E-state index in [1.54, 1.807) is 11.8 Å². The molecule has 3 aromatic carbocycles. The van der Waals surface area contributed by atoms with E-state index in [1.165, 1.54) is 11.3 Å². The lowest BCUT2D eigenvalue weighted by molar-refractivity contribution is 0.485. The van der Waals surface area contributed by atoms with Gasteiger partial charge in [-0.15, -0.1) is 10.2 Å². The minimum absolute atomic E-state index is 0.178. The molecule has 2 atom stereocenters. The molecule has 5 nitrogen and oxygen atoms in total. The average Bonchev–Trinajstić information content (AvgIpc) is 3.47. The van der Waals surface area contributed by atoms with Gasteiger partial charge in [-0.05, 0) is 55.2 Å². The normalized spacial score (nSPS) is 18.5. The molecular formula is C26H23Cl2N5S2. The van der Waals surface area contributed by atoms with Crippen LogP contribution in [0.5, 0.6) is 0 Å². The zero-order valence-electron chi connectivity index (χ0n) is 18.9. The smallest absolute Gasteiger partial charge is 0.230 e. The number of aromatic nitrogens is 2. The molecule has 0 aliphatic carbocycles. The zero-order chi connectivity index (χ0) is 24.4. The first kappa shape index (κ1) is 24.3. The van der Waals surface area contributed by atoms with Gasteiger partial charge < -0.3 is 5.73 Å². The summed E-state index contributed by atoms with van der Waals surface area (Å²) in [4.78, 5) is -0.554. The zero-order valence-corrected chi connectivity index (χ0v) is 22.1. The Morgan fingerprint density at radius 1 is 0.943 bits per heavy atom. The molecule has 0 fully saturated rings. The predicted molar refractivity (Wildman–Crippen MR) is 148 cm³/mol. The van der Waals surface area contributed by atoms with Crippen LogP contribution < -0.4 is 10.7 Å². The molecule has 1 aromatic heterocycles. The average molecular weight is 541 g/mol. The lowest BCUT2D eigenvalue weighted by Crippen LogP contribution is -2.38. The lowest BCUT2D eigenvalue weighted by atomic mass is 9.95. The SMILES string of the molecule is Cc1nnc(N2N=C(c3cccc(Cl)c3)SC2(CCC(N)c2cccc(Cl)c2)c2ccccc2)s1. The van der Waals surface area contributed by atoms with Crippen LogP contribution in [0.4, 0.5) is 5.13 Å². The van der Waals surface area contributed by atoms with Crippen molar-refractivity contribution in [2.24, 2.45) is 10.8 Å². The highest BCUT2D eigenvalue weighted by Crippen LogP contribution is 2.53. The van der Waals surface area contributed by atoms with Gasteiger partial charge in [0.25, 0.3) is 0 Å². The van der Waals surface area contributed by atoms with Gasteiger partial charge in [0.05, 0.1) is 0 Å². The number of benzene rings is 3. The third-order valence-electron chi connectivity index (χ3n) is 5.86. The Kier molecular flexibility index (Phi) is 7.14. The Morgan fingerprint density at radius 2 is 1.69 bits per heavy atom. The van der Waals surface area contributed by atoms with Crippen LogP contribution >= 0.6 is 46.3 Å². The van der Waals surface area contributed by atoms with Crippen LogP contribution in [-0.4, -0.2) is 15.2 Å². The van der Waals surface area contributed by atoms with Crippen molar-refractivity contribution in [1.82, 2.24) is 10.2 Å². The summed E-state index contributed by atoms with van der Waals surface area (Å²) in [5.74, 6) is 0.